The van der Waals surface area contributed by atoms with Crippen LogP contribution < -0.4 is 5.73 Å². The number of hydrogen-bond acceptors (Lipinski definition) is 5. The van der Waals surface area contributed by atoms with Crippen molar-refractivity contribution in [2.75, 3.05) is 26.2 Å². The molecule has 36 heavy (non-hydrogen) atoms. The molecule has 1 saturated carbocycles. The molecule has 9 heteroatoms. The third-order valence-electron chi connectivity index (χ3n) is 7.31. The van der Waals surface area contributed by atoms with Crippen LogP contribution in [0.4, 0.5) is 18.0 Å². The molecule has 0 spiro atoms. The maximum absolute atomic E-state index is 13.2. The van der Waals surface area contributed by atoms with Crippen molar-refractivity contribution in [3.05, 3.63) is 70.5 Å². The summed E-state index contributed by atoms with van der Waals surface area (Å²) >= 11 is 0. The highest BCUT2D eigenvalue weighted by Crippen LogP contribution is 2.45. The van der Waals surface area contributed by atoms with Gasteiger partial charge in [-0.1, -0.05) is 12.1 Å². The normalized spacial score (nSPS) is 22.8. The molecule has 198 valence electrons. The van der Waals surface area contributed by atoms with Gasteiger partial charge in [-0.2, -0.15) is 5.06 Å². The number of nitrogens with two attached hydrogens (primary N) is 1. The highest BCUT2D eigenvalue weighted by molar-refractivity contribution is 5.69. The number of piperidine rings is 1. The zero-order chi connectivity index (χ0) is 25.8. The Hall–Kier alpha value is -2.62. The van der Waals surface area contributed by atoms with Crippen LogP contribution in [-0.2, 0) is 4.74 Å². The van der Waals surface area contributed by atoms with E-state index < -0.39 is 29.9 Å². The molecule has 2 aromatic carbocycles. The minimum atomic E-state index is -1.00. The first-order valence-corrected chi connectivity index (χ1v) is 12.6. The standard InChI is InChI=1S/C15H23FN2.C12H11F2NO3.H2/c1-12-11-14(16)3-4-15(12)13-5-9-18(10-6-13)8-2-7-17;13-8-4-3-7(5-9(8)14)10-11(6-1-2-6)18-12(16)15(10)17;/h3-4,11,13H,2,5-10,17H2,1H3;3-6,10-11,17H,1-2H2;1H. The molecule has 1 amide bonds. The molecule has 3 N–H and O–H groups in total. The first kappa shape index (κ1) is 26.4. The highest BCUT2D eigenvalue weighted by atomic mass is 19.2. The van der Waals surface area contributed by atoms with E-state index in [4.69, 9.17) is 10.5 Å². The number of carbonyl (C=O) groups excluding carboxylic acids is 1. The minimum absolute atomic E-state index is 0. The molecule has 2 atom stereocenters. The summed E-state index contributed by atoms with van der Waals surface area (Å²) in [5, 5.41) is 10.1. The fourth-order valence-electron chi connectivity index (χ4n) is 5.17. The summed E-state index contributed by atoms with van der Waals surface area (Å²) in [6.07, 6.45) is 3.92. The Balaban J connectivity index is 0.000000200. The Kier molecular flexibility index (Phi) is 8.54. The van der Waals surface area contributed by atoms with Gasteiger partial charge in [0.2, 0.25) is 0 Å². The minimum Gasteiger partial charge on any atom is -0.442 e. The van der Waals surface area contributed by atoms with E-state index >= 15 is 0 Å². The van der Waals surface area contributed by atoms with Crippen molar-refractivity contribution in [2.24, 2.45) is 11.7 Å². The monoisotopic (exact) mass is 507 g/mol. The molecule has 0 aromatic heterocycles. The number of cyclic esters (lactones) is 1. The van der Waals surface area contributed by atoms with Crippen LogP contribution in [0.2, 0.25) is 0 Å². The lowest BCUT2D eigenvalue weighted by Crippen LogP contribution is -2.34. The van der Waals surface area contributed by atoms with Crippen molar-refractivity contribution in [2.45, 2.75) is 57.1 Å². The maximum Gasteiger partial charge on any atom is 0.434 e. The van der Waals surface area contributed by atoms with Gasteiger partial charge in [0.05, 0.1) is 0 Å². The number of likely N-dealkylation sites (tertiary alicyclic amines) is 1. The van der Waals surface area contributed by atoms with E-state index in [9.17, 15) is 23.2 Å². The zero-order valence-corrected chi connectivity index (χ0v) is 20.5. The van der Waals surface area contributed by atoms with Crippen LogP contribution in [0.1, 0.15) is 62.2 Å². The van der Waals surface area contributed by atoms with Gasteiger partial charge in [-0.15, -0.1) is 0 Å². The van der Waals surface area contributed by atoms with Gasteiger partial charge in [-0.05, 0) is 118 Å². The number of hydroxylamine groups is 2. The second-order valence-electron chi connectivity index (χ2n) is 9.91. The van der Waals surface area contributed by atoms with Crippen molar-refractivity contribution < 1.29 is 29.3 Å². The van der Waals surface area contributed by atoms with Crippen LogP contribution in [0.3, 0.4) is 0 Å². The molecule has 5 rings (SSSR count). The van der Waals surface area contributed by atoms with E-state index in [2.05, 4.69) is 4.90 Å². The van der Waals surface area contributed by atoms with E-state index in [1.54, 1.807) is 12.1 Å². The fourth-order valence-corrected chi connectivity index (χ4v) is 5.17. The van der Waals surface area contributed by atoms with Crippen LogP contribution in [0.5, 0.6) is 0 Å². The van der Waals surface area contributed by atoms with Crippen LogP contribution in [0, 0.1) is 30.3 Å². The summed E-state index contributed by atoms with van der Waals surface area (Å²) in [4.78, 5) is 13.8. The van der Waals surface area contributed by atoms with Gasteiger partial charge in [0.25, 0.3) is 0 Å². The average molecular weight is 508 g/mol. The number of hydrogen-bond donors (Lipinski definition) is 2. The summed E-state index contributed by atoms with van der Waals surface area (Å²) in [5.74, 6) is -1.31. The third kappa shape index (κ3) is 6.19. The van der Waals surface area contributed by atoms with Gasteiger partial charge < -0.3 is 15.4 Å². The molecular formula is C27H36F3N3O3. The number of ether oxygens (including phenoxy) is 1. The van der Waals surface area contributed by atoms with Gasteiger partial charge in [-0.25, -0.2) is 18.0 Å². The Labute approximate surface area is 211 Å². The lowest BCUT2D eigenvalue weighted by molar-refractivity contribution is -0.0655. The number of halogens is 3. The first-order chi connectivity index (χ1) is 17.3. The van der Waals surface area contributed by atoms with Crippen molar-refractivity contribution in [3.63, 3.8) is 0 Å². The van der Waals surface area contributed by atoms with Gasteiger partial charge in [-0.3, -0.25) is 5.21 Å². The van der Waals surface area contributed by atoms with Crippen molar-refractivity contribution >= 4 is 6.09 Å². The summed E-state index contributed by atoms with van der Waals surface area (Å²) in [6.45, 7) is 6.19. The molecule has 6 nitrogen and oxygen atoms in total. The SMILES string of the molecule is Cc1cc(F)ccc1C1CCN(CCCN)CC1.O=C1OC(C2CC2)C(c2ccc(F)c(F)c2)N1O.[HH]. The van der Waals surface area contributed by atoms with E-state index in [1.165, 1.54) is 24.5 Å². The molecule has 2 aliphatic heterocycles. The van der Waals surface area contributed by atoms with Gasteiger partial charge in [0.15, 0.2) is 11.6 Å². The summed E-state index contributed by atoms with van der Waals surface area (Å²) in [6, 6.07) is 7.75. The molecule has 0 radical (unpaired) electrons. The number of amides is 1. The van der Waals surface area contributed by atoms with Crippen LogP contribution in [0.15, 0.2) is 36.4 Å². The molecule has 2 heterocycles. The topological polar surface area (TPSA) is 79.0 Å². The lowest BCUT2D eigenvalue weighted by atomic mass is 9.87. The average Bonchev–Trinajstić information content (AvgIpc) is 3.66. The fraction of sp³-hybridized carbons (Fsp3) is 0.519. The molecule has 2 aromatic rings. The van der Waals surface area contributed by atoms with E-state index in [0.717, 1.165) is 63.1 Å². The molecule has 3 fully saturated rings. The lowest BCUT2D eigenvalue weighted by Gasteiger charge is -2.32. The molecule has 1 aliphatic carbocycles. The van der Waals surface area contributed by atoms with Crippen LogP contribution in [-0.4, -0.2) is 53.5 Å². The van der Waals surface area contributed by atoms with Crippen molar-refractivity contribution in [1.29, 1.82) is 0 Å². The van der Waals surface area contributed by atoms with Crippen LogP contribution >= 0.6 is 0 Å². The Morgan fingerprint density at radius 2 is 1.78 bits per heavy atom. The van der Waals surface area contributed by atoms with E-state index in [-0.39, 0.29) is 13.2 Å². The van der Waals surface area contributed by atoms with Gasteiger partial charge in [0.1, 0.15) is 18.0 Å². The highest BCUT2D eigenvalue weighted by Gasteiger charge is 2.50. The largest absolute Gasteiger partial charge is 0.442 e. The van der Waals surface area contributed by atoms with Crippen molar-refractivity contribution in [1.82, 2.24) is 9.96 Å². The number of carbonyl (C=O) groups is 1. The predicted molar refractivity (Wildman–Crippen MR) is 131 cm³/mol. The quantitative estimate of drug-likeness (QED) is 0.503. The first-order valence-electron chi connectivity index (χ1n) is 12.6. The zero-order valence-electron chi connectivity index (χ0n) is 20.5. The summed E-state index contributed by atoms with van der Waals surface area (Å²) in [7, 11) is 0. The molecule has 0 bridgehead atoms. The maximum atomic E-state index is 13.2. The second kappa shape index (κ2) is 11.6. The van der Waals surface area contributed by atoms with E-state index in [1.807, 2.05) is 13.0 Å². The number of rotatable bonds is 6. The number of benzene rings is 2. The number of aryl methyl sites for hydroxylation is 1. The third-order valence-corrected chi connectivity index (χ3v) is 7.31. The molecule has 2 unspecified atom stereocenters. The molecular weight excluding hydrogens is 471 g/mol. The van der Waals surface area contributed by atoms with Gasteiger partial charge in [0, 0.05) is 1.43 Å². The number of nitrogens with zero attached hydrogens (tertiary/aromatic N) is 2. The second-order valence-corrected chi connectivity index (χ2v) is 9.91. The Morgan fingerprint density at radius 1 is 1.06 bits per heavy atom. The van der Waals surface area contributed by atoms with E-state index in [0.29, 0.717) is 16.5 Å². The smallest absolute Gasteiger partial charge is 0.434 e. The Bertz CT molecular complexity index is 1060. The summed E-state index contributed by atoms with van der Waals surface area (Å²) in [5.41, 5.74) is 8.29. The van der Waals surface area contributed by atoms with Gasteiger partial charge >= 0.3 is 6.09 Å². The molecule has 2 saturated heterocycles. The predicted octanol–water partition coefficient (Wildman–Crippen LogP) is 5.53. The van der Waals surface area contributed by atoms with Crippen LogP contribution in [0.25, 0.3) is 0 Å². The Morgan fingerprint density at radius 3 is 2.39 bits per heavy atom. The molecule has 3 aliphatic rings. The van der Waals surface area contributed by atoms with Crippen molar-refractivity contribution in [3.8, 4) is 0 Å². The summed E-state index contributed by atoms with van der Waals surface area (Å²) < 4.78 is 44.2.